The first-order chi connectivity index (χ1) is 12.6. The van der Waals surface area contributed by atoms with Crippen LogP contribution in [-0.4, -0.2) is 35.6 Å². The summed E-state index contributed by atoms with van der Waals surface area (Å²) in [5, 5.41) is 3.81. The predicted molar refractivity (Wildman–Crippen MR) is 98.0 cm³/mol. The highest BCUT2D eigenvalue weighted by molar-refractivity contribution is 6.30. The monoisotopic (exact) mass is 376 g/mol. The van der Waals surface area contributed by atoms with E-state index < -0.39 is 5.41 Å². The number of primary amides is 1. The van der Waals surface area contributed by atoms with Gasteiger partial charge in [0, 0.05) is 24.8 Å². The van der Waals surface area contributed by atoms with Gasteiger partial charge in [-0.15, -0.1) is 0 Å². The summed E-state index contributed by atoms with van der Waals surface area (Å²) in [5.74, 6) is 0.588. The molecule has 0 radical (unpaired) electrons. The number of carbonyl (C=O) groups is 1. The Bertz CT molecular complexity index is 766. The van der Waals surface area contributed by atoms with Crippen molar-refractivity contribution >= 4 is 23.3 Å². The van der Waals surface area contributed by atoms with Crippen LogP contribution in [0.2, 0.25) is 5.02 Å². The van der Waals surface area contributed by atoms with Crippen molar-refractivity contribution in [3.05, 3.63) is 47.2 Å². The summed E-state index contributed by atoms with van der Waals surface area (Å²) in [6, 6.07) is 7.42. The van der Waals surface area contributed by atoms with Crippen LogP contribution in [0.4, 0.5) is 5.82 Å². The molecule has 138 valence electrons. The molecule has 8 heteroatoms. The number of amides is 1. The SMILES string of the molecule is NC(=O)C1(CNc2cncc(OCc3cccc(Cl)c3)n2)CCOCC1. The number of nitrogens with zero attached hydrogens (tertiary/aromatic N) is 2. The average molecular weight is 377 g/mol. The summed E-state index contributed by atoms with van der Waals surface area (Å²) in [7, 11) is 0. The van der Waals surface area contributed by atoms with E-state index in [-0.39, 0.29) is 5.91 Å². The summed E-state index contributed by atoms with van der Waals surface area (Å²) in [6.07, 6.45) is 4.30. The van der Waals surface area contributed by atoms with Gasteiger partial charge in [0.2, 0.25) is 11.8 Å². The number of ether oxygens (including phenoxy) is 2. The van der Waals surface area contributed by atoms with Gasteiger partial charge in [-0.3, -0.25) is 9.78 Å². The molecule has 0 spiro atoms. The standard InChI is InChI=1S/C18H21ClN4O3/c19-14-3-1-2-13(8-14)11-26-16-10-21-9-15(23-16)22-12-18(17(20)24)4-6-25-7-5-18/h1-3,8-10H,4-7,11-12H2,(H2,20,24)(H,22,23). The summed E-state index contributed by atoms with van der Waals surface area (Å²) in [4.78, 5) is 20.4. The van der Waals surface area contributed by atoms with E-state index in [4.69, 9.17) is 26.8 Å². The van der Waals surface area contributed by atoms with Gasteiger partial charge in [-0.25, -0.2) is 0 Å². The minimum Gasteiger partial charge on any atom is -0.472 e. The molecule has 1 fully saturated rings. The molecule has 0 atom stereocenters. The molecule has 1 saturated heterocycles. The number of hydrogen-bond donors (Lipinski definition) is 2. The van der Waals surface area contributed by atoms with Crippen molar-refractivity contribution in [1.29, 1.82) is 0 Å². The average Bonchev–Trinajstić information content (AvgIpc) is 2.66. The molecule has 26 heavy (non-hydrogen) atoms. The van der Waals surface area contributed by atoms with E-state index in [1.165, 1.54) is 6.20 Å². The number of halogens is 1. The first-order valence-electron chi connectivity index (χ1n) is 8.38. The van der Waals surface area contributed by atoms with E-state index in [0.29, 0.717) is 55.9 Å². The third-order valence-electron chi connectivity index (χ3n) is 4.47. The number of benzene rings is 1. The van der Waals surface area contributed by atoms with Gasteiger partial charge >= 0.3 is 0 Å². The molecule has 7 nitrogen and oxygen atoms in total. The quantitative estimate of drug-likeness (QED) is 0.769. The maximum atomic E-state index is 11.9. The molecular formula is C18H21ClN4O3. The van der Waals surface area contributed by atoms with Crippen molar-refractivity contribution in [3.63, 3.8) is 0 Å². The molecule has 0 bridgehead atoms. The molecule has 0 aliphatic carbocycles. The van der Waals surface area contributed by atoms with E-state index in [2.05, 4.69) is 15.3 Å². The number of hydrogen-bond acceptors (Lipinski definition) is 6. The zero-order chi connectivity index (χ0) is 18.4. The van der Waals surface area contributed by atoms with Gasteiger partial charge in [-0.2, -0.15) is 4.98 Å². The lowest BCUT2D eigenvalue weighted by Crippen LogP contribution is -2.46. The van der Waals surface area contributed by atoms with Gasteiger partial charge in [-0.05, 0) is 30.5 Å². The van der Waals surface area contributed by atoms with Gasteiger partial charge in [0.15, 0.2) is 0 Å². The van der Waals surface area contributed by atoms with Crippen molar-refractivity contribution in [2.45, 2.75) is 19.4 Å². The van der Waals surface area contributed by atoms with Gasteiger partial charge in [-0.1, -0.05) is 23.7 Å². The van der Waals surface area contributed by atoms with E-state index in [9.17, 15) is 4.79 Å². The van der Waals surface area contributed by atoms with Crippen LogP contribution in [0.5, 0.6) is 5.88 Å². The molecule has 1 amide bonds. The van der Waals surface area contributed by atoms with E-state index in [1.54, 1.807) is 12.3 Å². The van der Waals surface area contributed by atoms with Crippen LogP contribution < -0.4 is 15.8 Å². The second kappa shape index (κ2) is 8.33. The zero-order valence-electron chi connectivity index (χ0n) is 14.3. The summed E-state index contributed by atoms with van der Waals surface area (Å²) < 4.78 is 11.0. The highest BCUT2D eigenvalue weighted by atomic mass is 35.5. The molecule has 3 N–H and O–H groups in total. The molecule has 1 aromatic carbocycles. The van der Waals surface area contributed by atoms with E-state index >= 15 is 0 Å². The number of rotatable bonds is 7. The van der Waals surface area contributed by atoms with Crippen LogP contribution in [-0.2, 0) is 16.1 Å². The normalized spacial score (nSPS) is 16.0. The maximum Gasteiger partial charge on any atom is 0.234 e. The molecular weight excluding hydrogens is 356 g/mol. The molecule has 1 aromatic heterocycles. The highest BCUT2D eigenvalue weighted by Crippen LogP contribution is 2.30. The molecule has 1 aliphatic rings. The van der Waals surface area contributed by atoms with Gasteiger partial charge in [0.05, 0.1) is 17.8 Å². The molecule has 0 unspecified atom stereocenters. The van der Waals surface area contributed by atoms with Crippen molar-refractivity contribution in [2.75, 3.05) is 25.1 Å². The fraction of sp³-hybridized carbons (Fsp3) is 0.389. The van der Waals surface area contributed by atoms with Crippen LogP contribution in [0.25, 0.3) is 0 Å². The topological polar surface area (TPSA) is 99.4 Å². The van der Waals surface area contributed by atoms with Crippen LogP contribution in [0.3, 0.4) is 0 Å². The minimum absolute atomic E-state index is 0.324. The minimum atomic E-state index is -0.627. The fourth-order valence-electron chi connectivity index (χ4n) is 2.82. The molecule has 1 aliphatic heterocycles. The van der Waals surface area contributed by atoms with Crippen molar-refractivity contribution in [1.82, 2.24) is 9.97 Å². The summed E-state index contributed by atoms with van der Waals surface area (Å²) >= 11 is 5.97. The van der Waals surface area contributed by atoms with Crippen molar-refractivity contribution < 1.29 is 14.3 Å². The molecule has 3 rings (SSSR count). The smallest absolute Gasteiger partial charge is 0.234 e. The lowest BCUT2D eigenvalue weighted by molar-refractivity contribution is -0.132. The third-order valence-corrected chi connectivity index (χ3v) is 4.70. The first-order valence-corrected chi connectivity index (χ1v) is 8.76. The molecule has 2 aromatic rings. The Morgan fingerprint density at radius 1 is 1.35 bits per heavy atom. The van der Waals surface area contributed by atoms with Crippen molar-refractivity contribution in [2.24, 2.45) is 11.1 Å². The lowest BCUT2D eigenvalue weighted by Gasteiger charge is -2.34. The Hall–Kier alpha value is -2.38. The highest BCUT2D eigenvalue weighted by Gasteiger charge is 2.38. The van der Waals surface area contributed by atoms with E-state index in [0.717, 1.165) is 5.56 Å². The largest absolute Gasteiger partial charge is 0.472 e. The number of nitrogens with two attached hydrogens (primary N) is 1. The first kappa shape index (κ1) is 18.4. The number of nitrogens with one attached hydrogen (secondary N) is 1. The third kappa shape index (κ3) is 4.62. The van der Waals surface area contributed by atoms with Gasteiger partial charge in [0.25, 0.3) is 0 Å². The van der Waals surface area contributed by atoms with Crippen LogP contribution in [0.1, 0.15) is 18.4 Å². The predicted octanol–water partition coefficient (Wildman–Crippen LogP) is 2.40. The Morgan fingerprint density at radius 2 is 2.15 bits per heavy atom. The van der Waals surface area contributed by atoms with Crippen LogP contribution in [0.15, 0.2) is 36.7 Å². The molecule has 0 saturated carbocycles. The van der Waals surface area contributed by atoms with Gasteiger partial charge in [0.1, 0.15) is 12.4 Å². The van der Waals surface area contributed by atoms with Crippen LogP contribution >= 0.6 is 11.6 Å². The Labute approximate surface area is 156 Å². The zero-order valence-corrected chi connectivity index (χ0v) is 15.0. The Kier molecular flexibility index (Phi) is 5.90. The Balaban J connectivity index is 1.61. The Morgan fingerprint density at radius 3 is 2.88 bits per heavy atom. The molecule has 2 heterocycles. The number of carbonyl (C=O) groups excluding carboxylic acids is 1. The second-order valence-electron chi connectivity index (χ2n) is 6.27. The fourth-order valence-corrected chi connectivity index (χ4v) is 3.03. The van der Waals surface area contributed by atoms with E-state index in [1.807, 2.05) is 18.2 Å². The number of aromatic nitrogens is 2. The lowest BCUT2D eigenvalue weighted by atomic mass is 9.79. The number of anilines is 1. The van der Waals surface area contributed by atoms with Crippen LogP contribution in [0, 0.1) is 5.41 Å². The second-order valence-corrected chi connectivity index (χ2v) is 6.71. The van der Waals surface area contributed by atoms with Gasteiger partial charge < -0.3 is 20.5 Å². The van der Waals surface area contributed by atoms with Crippen molar-refractivity contribution in [3.8, 4) is 5.88 Å². The summed E-state index contributed by atoms with van der Waals surface area (Å²) in [5.41, 5.74) is 5.92. The summed E-state index contributed by atoms with van der Waals surface area (Å²) in [6.45, 7) is 1.78. The maximum absolute atomic E-state index is 11.9.